The van der Waals surface area contributed by atoms with Gasteiger partial charge in [0.1, 0.15) is 22.7 Å². The van der Waals surface area contributed by atoms with E-state index < -0.39 is 35.0 Å². The molecule has 0 heterocycles. The Balaban J connectivity index is 2.02. The van der Waals surface area contributed by atoms with E-state index in [4.69, 9.17) is 47.6 Å². The van der Waals surface area contributed by atoms with Gasteiger partial charge in [0.2, 0.25) is 0 Å². The molecule has 0 aliphatic rings. The third kappa shape index (κ3) is 10.5. The summed E-state index contributed by atoms with van der Waals surface area (Å²) in [5, 5.41) is 3.91. The van der Waals surface area contributed by atoms with E-state index in [0.29, 0.717) is 23.5 Å². The summed E-state index contributed by atoms with van der Waals surface area (Å²) in [6, 6.07) is 14.2. The summed E-state index contributed by atoms with van der Waals surface area (Å²) in [5.41, 5.74) is 19.3. The first-order valence-corrected chi connectivity index (χ1v) is 21.1. The average Bonchev–Trinajstić information content (AvgIpc) is 2.86. The molecule has 2 aromatic carbocycles. The van der Waals surface area contributed by atoms with Crippen LogP contribution in [0.5, 0.6) is 11.5 Å². The molecule has 0 saturated carbocycles. The van der Waals surface area contributed by atoms with Gasteiger partial charge in [0, 0.05) is 22.3 Å². The molecule has 0 fully saturated rings. The lowest BCUT2D eigenvalue weighted by Gasteiger charge is -2.34. The minimum Gasteiger partial charge on any atom is -0.485 e. The van der Waals surface area contributed by atoms with Gasteiger partial charge in [-0.1, -0.05) is 30.9 Å². The molecule has 10 nitrogen and oxygen atoms in total. The van der Waals surface area contributed by atoms with E-state index >= 15 is 0 Å². The fraction of sp³-hybridized carbons (Fsp3) is 0.381. The van der Waals surface area contributed by atoms with Gasteiger partial charge in [-0.05, 0) is 76.2 Å². The van der Waals surface area contributed by atoms with Crippen molar-refractivity contribution in [1.29, 1.82) is 0 Å². The summed E-state index contributed by atoms with van der Waals surface area (Å²) < 4.78 is 25.2. The van der Waals surface area contributed by atoms with Crippen LogP contribution in [-0.2, 0) is 22.5 Å². The molecule has 0 saturated heterocycles. The first kappa shape index (κ1) is 32.7. The molecular formula is C21H36N5O5P5S. The highest BCUT2D eigenvalue weighted by atomic mass is 32.5. The molecule has 16 heteroatoms. The lowest BCUT2D eigenvalue weighted by molar-refractivity contribution is 0.171. The van der Waals surface area contributed by atoms with Crippen LogP contribution in [0.2, 0.25) is 0 Å². The van der Waals surface area contributed by atoms with E-state index in [9.17, 15) is 4.57 Å². The van der Waals surface area contributed by atoms with Gasteiger partial charge in [-0.25, -0.2) is 0 Å². The SMILES string of the molecule is CCC(C)(Oc1ccc(CP(=O)(O)O)cc1)[PH](=S)N(C)/N=C/c1ccc(OC(C)P(N)P(N)PN)cc1. The summed E-state index contributed by atoms with van der Waals surface area (Å²) in [6.45, 7) is 4.19. The second-order valence-corrected chi connectivity index (χ2v) is 21.9. The largest absolute Gasteiger partial charge is 0.485 e. The van der Waals surface area contributed by atoms with E-state index in [1.165, 1.54) is 0 Å². The van der Waals surface area contributed by atoms with Crippen molar-refractivity contribution in [2.45, 2.75) is 44.5 Å². The Morgan fingerprint density at radius 1 is 1.22 bits per heavy atom. The molecule has 37 heavy (non-hydrogen) atoms. The molecule has 0 radical (unpaired) electrons. The Morgan fingerprint density at radius 3 is 2.30 bits per heavy atom. The van der Waals surface area contributed by atoms with E-state index in [1.807, 2.05) is 52.1 Å². The van der Waals surface area contributed by atoms with Crippen LogP contribution >= 0.6 is 38.1 Å². The number of rotatable bonds is 14. The second kappa shape index (κ2) is 14.7. The summed E-state index contributed by atoms with van der Waals surface area (Å²) >= 11 is 5.87. The number of hydrazone groups is 1. The molecule has 6 unspecified atom stereocenters. The topological polar surface area (TPSA) is 170 Å². The number of hydrogen-bond donors (Lipinski definition) is 5. The molecule has 2 aromatic rings. The normalized spacial score (nSPS) is 17.3. The van der Waals surface area contributed by atoms with Crippen LogP contribution in [0.3, 0.4) is 0 Å². The molecule has 0 spiro atoms. The maximum atomic E-state index is 11.2. The third-order valence-electron chi connectivity index (χ3n) is 5.40. The number of ether oxygens (including phenoxy) is 2. The first-order chi connectivity index (χ1) is 17.3. The van der Waals surface area contributed by atoms with Crippen LogP contribution in [0.25, 0.3) is 0 Å². The van der Waals surface area contributed by atoms with Gasteiger partial charge in [0.15, 0.2) is 0 Å². The number of nitrogens with two attached hydrogens (primary N) is 3. The fourth-order valence-corrected chi connectivity index (χ4v) is 10.8. The molecule has 0 amide bonds. The van der Waals surface area contributed by atoms with Crippen LogP contribution in [0.15, 0.2) is 53.6 Å². The minimum atomic E-state index is -4.12. The number of nitrogens with zero attached hydrogens (tertiary/aromatic N) is 2. The van der Waals surface area contributed by atoms with Crippen molar-refractivity contribution in [3.05, 3.63) is 59.7 Å². The van der Waals surface area contributed by atoms with Crippen molar-refractivity contribution in [3.8, 4) is 11.5 Å². The van der Waals surface area contributed by atoms with E-state index in [-0.39, 0.29) is 20.4 Å². The van der Waals surface area contributed by atoms with Crippen molar-refractivity contribution < 1.29 is 23.8 Å². The van der Waals surface area contributed by atoms with Gasteiger partial charge < -0.3 is 35.8 Å². The predicted octanol–water partition coefficient (Wildman–Crippen LogP) is 5.24. The van der Waals surface area contributed by atoms with Gasteiger partial charge in [0.05, 0.1) is 19.2 Å². The Labute approximate surface area is 228 Å². The van der Waals surface area contributed by atoms with Gasteiger partial charge in [-0.15, -0.1) is 0 Å². The predicted molar refractivity (Wildman–Crippen MR) is 164 cm³/mol. The molecule has 0 bridgehead atoms. The monoisotopic (exact) mass is 625 g/mol. The highest BCUT2D eigenvalue weighted by Crippen LogP contribution is 2.70. The maximum absolute atomic E-state index is 11.2. The second-order valence-electron chi connectivity index (χ2n) is 8.37. The Hall–Kier alpha value is -0.520. The Morgan fingerprint density at radius 2 is 1.78 bits per heavy atom. The van der Waals surface area contributed by atoms with Crippen LogP contribution in [0.4, 0.5) is 0 Å². The highest BCUT2D eigenvalue weighted by molar-refractivity contribution is 8.54. The van der Waals surface area contributed by atoms with Gasteiger partial charge in [0.25, 0.3) is 0 Å². The Kier molecular flexibility index (Phi) is 13.0. The van der Waals surface area contributed by atoms with Crippen molar-refractivity contribution >= 4 is 56.1 Å². The standard InChI is InChI=1S/C21H36N5O5P5S/c1-5-21(3,31-20-12-8-18(9-13-20)15-36(27,28)29)34(37)26(4)25-14-17-6-10-19(11-7-17)30-16(2)33(23)35(24)32-22/h6-14,16,32,34H,5,15,22-24H2,1-4H3,(H2,27,28,29)/b25-14+. The zero-order chi connectivity index (χ0) is 27.8. The van der Waals surface area contributed by atoms with Crippen molar-refractivity contribution in [2.24, 2.45) is 21.6 Å². The maximum Gasteiger partial charge on any atom is 0.329 e. The minimum absolute atomic E-state index is 0.146. The van der Waals surface area contributed by atoms with Gasteiger partial charge in [-0.3, -0.25) is 9.34 Å². The third-order valence-corrected chi connectivity index (χ3v) is 18.3. The number of hydrogen-bond acceptors (Lipinski definition) is 8. The summed E-state index contributed by atoms with van der Waals surface area (Å²) in [7, 11) is -4.00. The summed E-state index contributed by atoms with van der Waals surface area (Å²) in [4.78, 5) is 18.3. The molecule has 0 aliphatic heterocycles. The van der Waals surface area contributed by atoms with Crippen LogP contribution < -0.4 is 26.0 Å². The molecule has 0 aromatic heterocycles. The molecule has 8 N–H and O–H groups in total. The molecular weight excluding hydrogens is 589 g/mol. The van der Waals surface area contributed by atoms with E-state index in [0.717, 1.165) is 5.56 Å². The van der Waals surface area contributed by atoms with E-state index in [1.54, 1.807) is 35.3 Å². The smallest absolute Gasteiger partial charge is 0.329 e. The lowest BCUT2D eigenvalue weighted by Crippen LogP contribution is -2.30. The lowest BCUT2D eigenvalue weighted by atomic mass is 10.2. The van der Waals surface area contributed by atoms with Crippen molar-refractivity contribution in [1.82, 2.24) is 4.78 Å². The fourth-order valence-electron chi connectivity index (χ4n) is 3.10. The molecule has 6 atom stereocenters. The van der Waals surface area contributed by atoms with Crippen LogP contribution in [0, 0.1) is 0 Å². The van der Waals surface area contributed by atoms with E-state index in [2.05, 4.69) is 5.10 Å². The molecule has 206 valence electrons. The van der Waals surface area contributed by atoms with Gasteiger partial charge in [-0.2, -0.15) is 5.10 Å². The summed E-state index contributed by atoms with van der Waals surface area (Å²) in [6.07, 6.45) is 2.09. The highest BCUT2D eigenvalue weighted by Gasteiger charge is 2.31. The first-order valence-electron chi connectivity index (χ1n) is 11.2. The van der Waals surface area contributed by atoms with Crippen molar-refractivity contribution in [2.75, 3.05) is 7.05 Å². The number of benzene rings is 2. The molecule has 0 aliphatic carbocycles. The quantitative estimate of drug-likeness (QED) is 0.106. The van der Waals surface area contributed by atoms with Crippen LogP contribution in [-0.4, -0.2) is 39.0 Å². The van der Waals surface area contributed by atoms with Gasteiger partial charge >= 0.3 is 7.60 Å². The van der Waals surface area contributed by atoms with Crippen LogP contribution in [0.1, 0.15) is 38.3 Å². The average molecular weight is 625 g/mol. The Bertz CT molecular complexity index is 1110. The van der Waals surface area contributed by atoms with Crippen molar-refractivity contribution in [3.63, 3.8) is 0 Å². The molecule has 2 rings (SSSR count). The zero-order valence-electron chi connectivity index (χ0n) is 21.2. The summed E-state index contributed by atoms with van der Waals surface area (Å²) in [5.74, 6) is 1.10. The zero-order valence-corrected chi connectivity index (χ0v) is 26.7.